The summed E-state index contributed by atoms with van der Waals surface area (Å²) in [4.78, 5) is 15.0. The van der Waals surface area contributed by atoms with Crippen molar-refractivity contribution in [1.29, 1.82) is 0 Å². The van der Waals surface area contributed by atoms with Crippen LogP contribution in [0.5, 0.6) is 5.75 Å². The molecule has 23 heavy (non-hydrogen) atoms. The molecule has 3 aromatic rings. The highest BCUT2D eigenvalue weighted by molar-refractivity contribution is 5.88. The molecule has 4 heteroatoms. The van der Waals surface area contributed by atoms with Crippen LogP contribution in [-0.4, -0.2) is 16.1 Å². The lowest BCUT2D eigenvalue weighted by Gasteiger charge is -2.08. The maximum absolute atomic E-state index is 11.0. The second-order valence-corrected chi connectivity index (χ2v) is 5.07. The van der Waals surface area contributed by atoms with Crippen LogP contribution in [0.25, 0.3) is 11.1 Å². The number of benzene rings is 2. The summed E-state index contributed by atoms with van der Waals surface area (Å²) < 4.78 is 5.80. The van der Waals surface area contributed by atoms with Crippen LogP contribution in [-0.2, 0) is 6.61 Å². The number of ether oxygens (including phenoxy) is 1. The molecular weight excluding hydrogens is 290 g/mol. The van der Waals surface area contributed by atoms with E-state index in [9.17, 15) is 4.79 Å². The first-order valence-corrected chi connectivity index (χ1v) is 7.18. The number of carboxylic acid groups (broad SMARTS) is 1. The van der Waals surface area contributed by atoms with E-state index in [1.54, 1.807) is 12.3 Å². The third-order valence-electron chi connectivity index (χ3n) is 3.40. The third-order valence-corrected chi connectivity index (χ3v) is 3.40. The number of aromatic nitrogens is 1. The van der Waals surface area contributed by atoms with Gasteiger partial charge >= 0.3 is 5.97 Å². The minimum absolute atomic E-state index is 0.165. The van der Waals surface area contributed by atoms with Crippen LogP contribution in [0.4, 0.5) is 0 Å². The number of aromatic carboxylic acids is 1. The fraction of sp³-hybridized carbons (Fsp3) is 0.0526. The van der Waals surface area contributed by atoms with E-state index >= 15 is 0 Å². The van der Waals surface area contributed by atoms with Gasteiger partial charge < -0.3 is 9.84 Å². The first kappa shape index (κ1) is 14.8. The van der Waals surface area contributed by atoms with Crippen molar-refractivity contribution in [3.05, 3.63) is 84.2 Å². The lowest BCUT2D eigenvalue weighted by Crippen LogP contribution is -1.97. The van der Waals surface area contributed by atoms with Crippen LogP contribution in [0.3, 0.4) is 0 Å². The molecule has 0 bridgehead atoms. The number of nitrogens with zero attached hydrogens (tertiary/aromatic N) is 1. The summed E-state index contributed by atoms with van der Waals surface area (Å²) in [5.74, 6) is -0.261. The quantitative estimate of drug-likeness (QED) is 0.773. The number of hydrogen-bond acceptors (Lipinski definition) is 3. The molecule has 0 fully saturated rings. The Labute approximate surface area is 134 Å². The summed E-state index contributed by atoms with van der Waals surface area (Å²) in [7, 11) is 0. The molecule has 0 spiro atoms. The molecule has 3 rings (SSSR count). The lowest BCUT2D eigenvalue weighted by molar-refractivity contribution is 0.0696. The molecule has 0 saturated carbocycles. The first-order valence-electron chi connectivity index (χ1n) is 7.18. The van der Waals surface area contributed by atoms with Crippen molar-refractivity contribution in [2.75, 3.05) is 0 Å². The van der Waals surface area contributed by atoms with E-state index in [0.717, 1.165) is 22.4 Å². The molecule has 1 aromatic heterocycles. The summed E-state index contributed by atoms with van der Waals surface area (Å²) in [6.07, 6.45) is 2.98. The average Bonchev–Trinajstić information content (AvgIpc) is 2.61. The minimum atomic E-state index is -0.990. The molecule has 0 amide bonds. The number of hydrogen-bond donors (Lipinski definition) is 1. The molecular formula is C19H15NO3. The van der Waals surface area contributed by atoms with Crippen LogP contribution in [0.2, 0.25) is 0 Å². The Morgan fingerprint density at radius 3 is 2.57 bits per heavy atom. The van der Waals surface area contributed by atoms with Gasteiger partial charge in [0.25, 0.3) is 0 Å². The number of pyridine rings is 1. The maximum Gasteiger partial charge on any atom is 0.337 e. The van der Waals surface area contributed by atoms with Gasteiger partial charge in [-0.3, -0.25) is 4.98 Å². The third kappa shape index (κ3) is 3.74. The van der Waals surface area contributed by atoms with Crippen LogP contribution in [0, 0.1) is 0 Å². The van der Waals surface area contributed by atoms with Gasteiger partial charge in [-0.05, 0) is 29.3 Å². The van der Waals surface area contributed by atoms with Gasteiger partial charge in [0.2, 0.25) is 0 Å². The Balaban J connectivity index is 1.80. The topological polar surface area (TPSA) is 59.4 Å². The fourth-order valence-electron chi connectivity index (χ4n) is 2.22. The van der Waals surface area contributed by atoms with Gasteiger partial charge in [-0.15, -0.1) is 0 Å². The molecule has 2 aromatic carbocycles. The smallest absolute Gasteiger partial charge is 0.337 e. The number of rotatable bonds is 5. The van der Waals surface area contributed by atoms with Crippen molar-refractivity contribution in [2.24, 2.45) is 0 Å². The molecule has 0 saturated heterocycles. The van der Waals surface area contributed by atoms with E-state index in [0.29, 0.717) is 6.61 Å². The van der Waals surface area contributed by atoms with E-state index in [2.05, 4.69) is 4.98 Å². The predicted octanol–water partition coefficient (Wildman–Crippen LogP) is 4.03. The molecule has 0 aliphatic carbocycles. The summed E-state index contributed by atoms with van der Waals surface area (Å²) in [6, 6.07) is 19.1. The van der Waals surface area contributed by atoms with E-state index in [1.807, 2.05) is 54.6 Å². The van der Waals surface area contributed by atoms with Crippen molar-refractivity contribution < 1.29 is 14.6 Å². The van der Waals surface area contributed by atoms with Gasteiger partial charge in [0.05, 0.1) is 5.56 Å². The predicted molar refractivity (Wildman–Crippen MR) is 87.4 cm³/mol. The summed E-state index contributed by atoms with van der Waals surface area (Å²) in [6.45, 7) is 0.484. The molecule has 0 radical (unpaired) electrons. The van der Waals surface area contributed by atoms with E-state index < -0.39 is 5.97 Å². The monoisotopic (exact) mass is 305 g/mol. The van der Waals surface area contributed by atoms with Crippen LogP contribution in [0.15, 0.2) is 73.1 Å². The Bertz CT molecular complexity index is 816. The van der Waals surface area contributed by atoms with Gasteiger partial charge in [0.1, 0.15) is 12.4 Å². The standard InChI is InChI=1S/C19H15NO3/c21-19(22)17-9-16(11-20-12-17)15-7-4-8-18(10-15)23-13-14-5-2-1-3-6-14/h1-12H,13H2,(H,21,22). The van der Waals surface area contributed by atoms with Gasteiger partial charge in [-0.1, -0.05) is 42.5 Å². The van der Waals surface area contributed by atoms with E-state index in [1.165, 1.54) is 6.20 Å². The van der Waals surface area contributed by atoms with Gasteiger partial charge in [-0.25, -0.2) is 4.79 Å². The second kappa shape index (κ2) is 6.75. The summed E-state index contributed by atoms with van der Waals surface area (Å²) >= 11 is 0. The average molecular weight is 305 g/mol. The van der Waals surface area contributed by atoms with Crippen LogP contribution in [0.1, 0.15) is 15.9 Å². The summed E-state index contributed by atoms with van der Waals surface area (Å²) in [5.41, 5.74) is 2.87. The van der Waals surface area contributed by atoms with E-state index in [-0.39, 0.29) is 5.56 Å². The maximum atomic E-state index is 11.0. The van der Waals surface area contributed by atoms with E-state index in [4.69, 9.17) is 9.84 Å². The normalized spacial score (nSPS) is 10.3. The fourth-order valence-corrected chi connectivity index (χ4v) is 2.22. The zero-order valence-corrected chi connectivity index (χ0v) is 12.3. The molecule has 4 nitrogen and oxygen atoms in total. The molecule has 1 heterocycles. The molecule has 1 N–H and O–H groups in total. The zero-order valence-electron chi connectivity index (χ0n) is 12.3. The Kier molecular flexibility index (Phi) is 4.34. The van der Waals surface area contributed by atoms with Crippen molar-refractivity contribution in [3.63, 3.8) is 0 Å². The van der Waals surface area contributed by atoms with Crippen molar-refractivity contribution in [3.8, 4) is 16.9 Å². The minimum Gasteiger partial charge on any atom is -0.489 e. The lowest BCUT2D eigenvalue weighted by atomic mass is 10.1. The first-order chi connectivity index (χ1) is 11.2. The Hall–Kier alpha value is -3.14. The van der Waals surface area contributed by atoms with Crippen LogP contribution < -0.4 is 4.74 Å². The van der Waals surface area contributed by atoms with Gasteiger partial charge in [-0.2, -0.15) is 0 Å². The van der Waals surface area contributed by atoms with Crippen molar-refractivity contribution in [2.45, 2.75) is 6.61 Å². The highest BCUT2D eigenvalue weighted by Crippen LogP contribution is 2.24. The molecule has 0 aliphatic heterocycles. The number of carbonyl (C=O) groups is 1. The van der Waals surface area contributed by atoms with Gasteiger partial charge in [0.15, 0.2) is 0 Å². The molecule has 0 aliphatic rings. The Morgan fingerprint density at radius 2 is 1.78 bits per heavy atom. The van der Waals surface area contributed by atoms with Gasteiger partial charge in [0, 0.05) is 18.0 Å². The van der Waals surface area contributed by atoms with Crippen molar-refractivity contribution >= 4 is 5.97 Å². The SMILES string of the molecule is O=C(O)c1cncc(-c2cccc(OCc3ccccc3)c2)c1. The zero-order chi connectivity index (χ0) is 16.1. The number of carboxylic acids is 1. The second-order valence-electron chi connectivity index (χ2n) is 5.07. The largest absolute Gasteiger partial charge is 0.489 e. The Morgan fingerprint density at radius 1 is 0.957 bits per heavy atom. The molecule has 0 atom stereocenters. The highest BCUT2D eigenvalue weighted by atomic mass is 16.5. The van der Waals surface area contributed by atoms with Crippen molar-refractivity contribution in [1.82, 2.24) is 4.98 Å². The highest BCUT2D eigenvalue weighted by Gasteiger charge is 2.06. The van der Waals surface area contributed by atoms with Crippen LogP contribution >= 0.6 is 0 Å². The molecule has 114 valence electrons. The summed E-state index contributed by atoms with van der Waals surface area (Å²) in [5, 5.41) is 9.06. The molecule has 0 unspecified atom stereocenters.